The monoisotopic (exact) mass is 237 g/mol. The highest BCUT2D eigenvalue weighted by Crippen LogP contribution is 2.35. The summed E-state index contributed by atoms with van der Waals surface area (Å²) in [6.07, 6.45) is -1.15. The van der Waals surface area contributed by atoms with Gasteiger partial charge in [0, 0.05) is 12.1 Å². The summed E-state index contributed by atoms with van der Waals surface area (Å²) < 4.78 is 30.8. The standard InChI is InChI=1S/C9H10ClF2NO2/c1-15-9-4(6(14)3-13)2-5(11)8(12)7(9)10/h2,6,14H,3,13H2,1H3. The lowest BCUT2D eigenvalue weighted by atomic mass is 10.1. The maximum Gasteiger partial charge on any atom is 0.181 e. The van der Waals surface area contributed by atoms with Crippen molar-refractivity contribution in [3.05, 3.63) is 28.3 Å². The average molecular weight is 238 g/mol. The summed E-state index contributed by atoms with van der Waals surface area (Å²) in [6, 6.07) is 0.817. The second-order valence-corrected chi connectivity index (χ2v) is 3.24. The molecule has 0 aromatic heterocycles. The zero-order valence-corrected chi connectivity index (χ0v) is 8.68. The van der Waals surface area contributed by atoms with Crippen LogP contribution in [0, 0.1) is 11.6 Å². The minimum Gasteiger partial charge on any atom is -0.495 e. The van der Waals surface area contributed by atoms with Crippen molar-refractivity contribution < 1.29 is 18.6 Å². The lowest BCUT2D eigenvalue weighted by molar-refractivity contribution is 0.181. The maximum absolute atomic E-state index is 13.0. The molecular formula is C9H10ClF2NO2. The third-order valence-corrected chi connectivity index (χ3v) is 2.27. The van der Waals surface area contributed by atoms with E-state index in [-0.39, 0.29) is 17.9 Å². The molecule has 0 heterocycles. The molecule has 0 saturated heterocycles. The molecule has 0 radical (unpaired) electrons. The lowest BCUT2D eigenvalue weighted by Gasteiger charge is -2.15. The molecule has 3 N–H and O–H groups in total. The first-order valence-electron chi connectivity index (χ1n) is 4.12. The zero-order chi connectivity index (χ0) is 11.6. The van der Waals surface area contributed by atoms with Crippen LogP contribution in [0.2, 0.25) is 5.02 Å². The summed E-state index contributed by atoms with van der Waals surface area (Å²) in [5.74, 6) is -2.46. The van der Waals surface area contributed by atoms with Crippen LogP contribution in [0.3, 0.4) is 0 Å². The van der Waals surface area contributed by atoms with E-state index in [0.717, 1.165) is 6.07 Å². The zero-order valence-electron chi connectivity index (χ0n) is 7.93. The Hall–Kier alpha value is -0.910. The smallest absolute Gasteiger partial charge is 0.181 e. The first-order chi connectivity index (χ1) is 7.02. The van der Waals surface area contributed by atoms with Gasteiger partial charge in [-0.15, -0.1) is 0 Å². The molecule has 1 unspecified atom stereocenters. The largest absolute Gasteiger partial charge is 0.495 e. The van der Waals surface area contributed by atoms with Crippen LogP contribution in [0.4, 0.5) is 8.78 Å². The number of methoxy groups -OCH3 is 1. The molecule has 0 fully saturated rings. The van der Waals surface area contributed by atoms with Gasteiger partial charge in [-0.05, 0) is 6.07 Å². The van der Waals surface area contributed by atoms with Crippen molar-refractivity contribution in [2.24, 2.45) is 5.73 Å². The SMILES string of the molecule is COc1c(C(O)CN)cc(F)c(F)c1Cl. The van der Waals surface area contributed by atoms with E-state index in [2.05, 4.69) is 0 Å². The predicted octanol–water partition coefficient (Wildman–Crippen LogP) is 1.62. The molecule has 6 heteroatoms. The molecule has 0 aliphatic heterocycles. The summed E-state index contributed by atoms with van der Waals surface area (Å²) in [5, 5.41) is 8.93. The van der Waals surface area contributed by atoms with Gasteiger partial charge in [-0.3, -0.25) is 0 Å². The molecular weight excluding hydrogens is 228 g/mol. The Kier molecular flexibility index (Phi) is 3.84. The average Bonchev–Trinajstić information content (AvgIpc) is 2.24. The van der Waals surface area contributed by atoms with Gasteiger partial charge in [-0.25, -0.2) is 8.78 Å². The number of halogens is 3. The molecule has 0 aliphatic rings. The van der Waals surface area contributed by atoms with E-state index >= 15 is 0 Å². The van der Waals surface area contributed by atoms with Crippen LogP contribution in [0.25, 0.3) is 0 Å². The Balaban J connectivity index is 3.38. The van der Waals surface area contributed by atoms with E-state index in [1.54, 1.807) is 0 Å². The first kappa shape index (κ1) is 12.2. The van der Waals surface area contributed by atoms with Crippen LogP contribution in [0.15, 0.2) is 6.07 Å². The van der Waals surface area contributed by atoms with Gasteiger partial charge in [0.15, 0.2) is 11.6 Å². The van der Waals surface area contributed by atoms with Gasteiger partial charge in [0.05, 0.1) is 13.2 Å². The van der Waals surface area contributed by atoms with Crippen LogP contribution in [0.1, 0.15) is 11.7 Å². The van der Waals surface area contributed by atoms with E-state index < -0.39 is 22.8 Å². The summed E-state index contributed by atoms with van der Waals surface area (Å²) >= 11 is 5.51. The molecule has 0 bridgehead atoms. The van der Waals surface area contributed by atoms with Gasteiger partial charge in [0.2, 0.25) is 0 Å². The second kappa shape index (κ2) is 4.74. The molecule has 3 nitrogen and oxygen atoms in total. The summed E-state index contributed by atoms with van der Waals surface area (Å²) in [4.78, 5) is 0. The van der Waals surface area contributed by atoms with Crippen LogP contribution >= 0.6 is 11.6 Å². The first-order valence-corrected chi connectivity index (χ1v) is 4.50. The van der Waals surface area contributed by atoms with Gasteiger partial charge < -0.3 is 15.6 Å². The van der Waals surface area contributed by atoms with E-state index in [4.69, 9.17) is 22.1 Å². The fourth-order valence-electron chi connectivity index (χ4n) is 1.18. The van der Waals surface area contributed by atoms with Crippen molar-refractivity contribution >= 4 is 11.6 Å². The van der Waals surface area contributed by atoms with Crippen LogP contribution in [-0.2, 0) is 0 Å². The normalized spacial score (nSPS) is 12.7. The molecule has 15 heavy (non-hydrogen) atoms. The number of nitrogens with two attached hydrogens (primary N) is 1. The van der Waals surface area contributed by atoms with Crippen LogP contribution in [0.5, 0.6) is 5.75 Å². The summed E-state index contributed by atoms with van der Waals surface area (Å²) in [5.41, 5.74) is 5.23. The van der Waals surface area contributed by atoms with Gasteiger partial charge >= 0.3 is 0 Å². The molecule has 1 atom stereocenters. The van der Waals surface area contributed by atoms with Gasteiger partial charge in [0.25, 0.3) is 0 Å². The highest BCUT2D eigenvalue weighted by atomic mass is 35.5. The van der Waals surface area contributed by atoms with Crippen LogP contribution in [-0.4, -0.2) is 18.8 Å². The molecule has 1 aromatic carbocycles. The van der Waals surface area contributed by atoms with Crippen molar-refractivity contribution in [1.82, 2.24) is 0 Å². The van der Waals surface area contributed by atoms with Gasteiger partial charge in [0.1, 0.15) is 10.8 Å². The molecule has 0 spiro atoms. The number of rotatable bonds is 3. The van der Waals surface area contributed by atoms with E-state index in [1.807, 2.05) is 0 Å². The minimum absolute atomic E-state index is 0.0314. The van der Waals surface area contributed by atoms with Crippen molar-refractivity contribution in [1.29, 1.82) is 0 Å². The number of aliphatic hydroxyl groups excluding tert-OH is 1. The number of hydrogen-bond acceptors (Lipinski definition) is 3. The topological polar surface area (TPSA) is 55.5 Å². The fourth-order valence-corrected chi connectivity index (χ4v) is 1.46. The lowest BCUT2D eigenvalue weighted by Crippen LogP contribution is -2.13. The van der Waals surface area contributed by atoms with Crippen molar-refractivity contribution in [2.45, 2.75) is 6.10 Å². The molecule has 0 amide bonds. The van der Waals surface area contributed by atoms with Crippen LogP contribution < -0.4 is 10.5 Å². The molecule has 84 valence electrons. The Morgan fingerprint density at radius 1 is 1.60 bits per heavy atom. The number of aliphatic hydroxyl groups is 1. The molecule has 1 aromatic rings. The number of hydrogen-bond donors (Lipinski definition) is 2. The van der Waals surface area contributed by atoms with E-state index in [1.165, 1.54) is 7.11 Å². The quantitative estimate of drug-likeness (QED) is 0.786. The highest BCUT2D eigenvalue weighted by Gasteiger charge is 2.21. The highest BCUT2D eigenvalue weighted by molar-refractivity contribution is 6.32. The summed E-state index contributed by atoms with van der Waals surface area (Å²) in [6.45, 7) is -0.141. The Morgan fingerprint density at radius 2 is 2.20 bits per heavy atom. The van der Waals surface area contributed by atoms with Gasteiger partial charge in [-0.1, -0.05) is 11.6 Å². The third-order valence-electron chi connectivity index (χ3n) is 1.93. The molecule has 0 saturated carbocycles. The fraction of sp³-hybridized carbons (Fsp3) is 0.333. The molecule has 0 aliphatic carbocycles. The number of benzene rings is 1. The third kappa shape index (κ3) is 2.19. The second-order valence-electron chi connectivity index (χ2n) is 2.86. The van der Waals surface area contributed by atoms with E-state index in [0.29, 0.717) is 0 Å². The van der Waals surface area contributed by atoms with Crippen molar-refractivity contribution in [3.63, 3.8) is 0 Å². The maximum atomic E-state index is 13.0. The van der Waals surface area contributed by atoms with Gasteiger partial charge in [-0.2, -0.15) is 0 Å². The van der Waals surface area contributed by atoms with E-state index in [9.17, 15) is 13.9 Å². The van der Waals surface area contributed by atoms with Crippen molar-refractivity contribution in [3.8, 4) is 5.75 Å². The van der Waals surface area contributed by atoms with Crippen molar-refractivity contribution in [2.75, 3.05) is 13.7 Å². The Morgan fingerprint density at radius 3 is 2.67 bits per heavy atom. The Bertz CT molecular complexity index is 374. The Labute approximate surface area is 90.4 Å². The minimum atomic E-state index is -1.21. The molecule has 1 rings (SSSR count). The predicted molar refractivity (Wildman–Crippen MR) is 51.9 cm³/mol. The summed E-state index contributed by atoms with van der Waals surface area (Å²) in [7, 11) is 1.24. The number of ether oxygens (including phenoxy) is 1.